The van der Waals surface area contributed by atoms with Crippen LogP contribution in [0.15, 0.2) is 84.9 Å². The second kappa shape index (κ2) is 28.7. The maximum atomic E-state index is 13.5. The average Bonchev–Trinajstić information content (AvgIpc) is 3.75. The van der Waals surface area contributed by atoms with Gasteiger partial charge in [-0.15, -0.1) is 0 Å². The van der Waals surface area contributed by atoms with Gasteiger partial charge in [0.15, 0.2) is 6.29 Å². The number of aromatic carboxylic acids is 1. The van der Waals surface area contributed by atoms with Crippen LogP contribution in [-0.2, 0) is 52.9 Å². The van der Waals surface area contributed by atoms with Crippen LogP contribution >= 0.6 is 11.8 Å². The van der Waals surface area contributed by atoms with Crippen molar-refractivity contribution in [2.75, 3.05) is 102 Å². The number of fused-ring (bicyclic) bond motifs is 3. The van der Waals surface area contributed by atoms with Crippen LogP contribution in [0.4, 0.5) is 5.69 Å². The number of amides is 2. The first-order valence-electron chi connectivity index (χ1n) is 24.4. The number of thioether (sulfide) groups is 1. The van der Waals surface area contributed by atoms with E-state index >= 15 is 0 Å². The number of hydrogen-bond donors (Lipinski definition) is 4. The highest BCUT2D eigenvalue weighted by Gasteiger charge is 2.36. The summed E-state index contributed by atoms with van der Waals surface area (Å²) in [5.74, 6) is 7.08. The van der Waals surface area contributed by atoms with E-state index in [1.54, 1.807) is 23.1 Å². The summed E-state index contributed by atoms with van der Waals surface area (Å²) in [5, 5.41) is 31.8. The predicted molar refractivity (Wildman–Crippen MR) is 267 cm³/mol. The van der Waals surface area contributed by atoms with E-state index in [9.17, 15) is 29.7 Å². The first-order chi connectivity index (χ1) is 34.7. The fourth-order valence-corrected chi connectivity index (χ4v) is 9.73. The summed E-state index contributed by atoms with van der Waals surface area (Å²) in [6.07, 6.45) is -0.0916. The van der Waals surface area contributed by atoms with Crippen molar-refractivity contribution in [1.82, 2.24) is 25.1 Å². The molecule has 3 unspecified atom stereocenters. The molecule has 1 saturated carbocycles. The SMILES string of the molecule is O=C(CCC(=O)N1Cc2ccccc2C#Cc2ccccc21)NCCOCCSCC1CC2OCCN(Cc3cccc(C(=O)O)n3)CCOCCOCCN(Cc3cccc(C(O)O)n3)CCOC2C1. The van der Waals surface area contributed by atoms with Gasteiger partial charge >= 0.3 is 5.97 Å². The van der Waals surface area contributed by atoms with E-state index in [0.29, 0.717) is 123 Å². The Balaban J connectivity index is 0.858. The lowest BCUT2D eigenvalue weighted by molar-refractivity contribution is -0.125. The molecule has 2 amide bonds. The quantitative estimate of drug-likeness (QED) is 0.0662. The lowest BCUT2D eigenvalue weighted by atomic mass is 10.0. The molecule has 3 aliphatic rings. The van der Waals surface area contributed by atoms with Crippen LogP contribution in [0.2, 0.25) is 0 Å². The van der Waals surface area contributed by atoms with Crippen molar-refractivity contribution in [2.24, 2.45) is 5.92 Å². The number of aliphatic hydroxyl groups is 2. The van der Waals surface area contributed by atoms with E-state index < -0.39 is 12.3 Å². The highest BCUT2D eigenvalue weighted by molar-refractivity contribution is 7.99. The molecule has 0 radical (unpaired) electrons. The first kappa shape index (κ1) is 53.5. The van der Waals surface area contributed by atoms with E-state index in [-0.39, 0.29) is 48.3 Å². The Morgan fingerprint density at radius 2 is 1.37 bits per heavy atom. The number of carbonyl (C=O) groups is 3. The largest absolute Gasteiger partial charge is 0.477 e. The molecule has 380 valence electrons. The molecular formula is C53H66N6O11S. The molecule has 2 aliphatic heterocycles. The zero-order valence-corrected chi connectivity index (χ0v) is 41.0. The predicted octanol–water partition coefficient (Wildman–Crippen LogP) is 4.28. The molecule has 3 atom stereocenters. The van der Waals surface area contributed by atoms with Gasteiger partial charge in [-0.2, -0.15) is 11.8 Å². The molecule has 0 bridgehead atoms. The van der Waals surface area contributed by atoms with Crippen molar-refractivity contribution in [3.05, 3.63) is 124 Å². The van der Waals surface area contributed by atoms with Crippen molar-refractivity contribution in [3.8, 4) is 11.8 Å². The summed E-state index contributed by atoms with van der Waals surface area (Å²) in [4.78, 5) is 52.8. The number of ether oxygens (including phenoxy) is 5. The van der Waals surface area contributed by atoms with Gasteiger partial charge in [-0.1, -0.05) is 54.3 Å². The number of benzene rings is 2. The Bertz CT molecular complexity index is 2400. The van der Waals surface area contributed by atoms with E-state index in [1.807, 2.05) is 72.4 Å². The Hall–Kier alpha value is -5.30. The van der Waals surface area contributed by atoms with Crippen LogP contribution in [0.1, 0.15) is 76.2 Å². The number of carboxylic acid groups (broad SMARTS) is 1. The second-order valence-electron chi connectivity index (χ2n) is 17.6. The molecule has 4 aromatic rings. The molecule has 18 heteroatoms. The third kappa shape index (κ3) is 17.5. The van der Waals surface area contributed by atoms with Gasteiger partial charge in [0.2, 0.25) is 11.8 Å². The summed E-state index contributed by atoms with van der Waals surface area (Å²) in [6.45, 7) is 7.55. The van der Waals surface area contributed by atoms with Crippen molar-refractivity contribution in [1.29, 1.82) is 0 Å². The molecule has 7 rings (SSSR count). The molecule has 1 saturated heterocycles. The molecule has 17 nitrogen and oxygen atoms in total. The number of carboxylic acids is 1. The number of rotatable bonds is 17. The highest BCUT2D eigenvalue weighted by atomic mass is 32.2. The first-order valence-corrected chi connectivity index (χ1v) is 25.6. The Morgan fingerprint density at radius 1 is 0.732 bits per heavy atom. The maximum absolute atomic E-state index is 13.5. The summed E-state index contributed by atoms with van der Waals surface area (Å²) in [6, 6.07) is 25.6. The third-order valence-electron chi connectivity index (χ3n) is 12.4. The fourth-order valence-electron chi connectivity index (χ4n) is 8.72. The minimum absolute atomic E-state index is 0.00214. The van der Waals surface area contributed by atoms with Crippen molar-refractivity contribution < 1.29 is 53.4 Å². The number of nitrogens with zero attached hydrogens (tertiary/aromatic N) is 5. The van der Waals surface area contributed by atoms with Crippen molar-refractivity contribution >= 4 is 35.2 Å². The lowest BCUT2D eigenvalue weighted by Crippen LogP contribution is -2.36. The van der Waals surface area contributed by atoms with Gasteiger partial charge in [-0.25, -0.2) is 9.78 Å². The fraction of sp³-hybridized carbons (Fsp3) is 0.491. The molecule has 2 aromatic carbocycles. The minimum atomic E-state index is -1.65. The normalized spacial score (nSPS) is 19.7. The van der Waals surface area contributed by atoms with Gasteiger partial charge in [0, 0.05) is 75.5 Å². The minimum Gasteiger partial charge on any atom is -0.477 e. The monoisotopic (exact) mass is 994 g/mol. The van der Waals surface area contributed by atoms with Crippen LogP contribution in [-0.4, -0.2) is 162 Å². The zero-order chi connectivity index (χ0) is 49.6. The number of aromatic nitrogens is 2. The van der Waals surface area contributed by atoms with Gasteiger partial charge in [0.1, 0.15) is 5.69 Å². The molecular weight excluding hydrogens is 929 g/mol. The van der Waals surface area contributed by atoms with E-state index in [1.165, 1.54) is 6.07 Å². The number of pyridine rings is 2. The van der Waals surface area contributed by atoms with Crippen LogP contribution in [0.5, 0.6) is 0 Å². The van der Waals surface area contributed by atoms with Crippen LogP contribution < -0.4 is 10.2 Å². The number of aliphatic hydroxyl groups excluding tert-OH is 1. The summed E-state index contributed by atoms with van der Waals surface area (Å²) in [7, 11) is 0. The van der Waals surface area contributed by atoms with Gasteiger partial charge in [-0.05, 0) is 72.5 Å². The highest BCUT2D eigenvalue weighted by Crippen LogP contribution is 2.33. The molecule has 4 heterocycles. The molecule has 4 N–H and O–H groups in total. The smallest absolute Gasteiger partial charge is 0.354 e. The zero-order valence-electron chi connectivity index (χ0n) is 40.2. The standard InChI is InChI=1S/C53H66N6O11S/c60-50(17-18-51(61)59-35-42-9-2-1-7-40(42)15-16-41-8-3-4-14-47(41)59)54-19-24-66-31-32-71-38-39-33-48-49(34-39)70-28-23-58(37-44-11-6-13-46(56-44)53(64)65)21-26-68-30-29-67-25-20-57(22-27-69-48)36-43-10-5-12-45(55-43)52(62)63/h1-14,39,48-49,52,62-63H,17-38H2,(H,54,60)(H,64,65). The maximum Gasteiger partial charge on any atom is 0.354 e. The summed E-state index contributed by atoms with van der Waals surface area (Å²) >= 11 is 1.82. The second-order valence-corrected chi connectivity index (χ2v) is 18.8. The average molecular weight is 995 g/mol. The van der Waals surface area contributed by atoms with Crippen LogP contribution in [0.3, 0.4) is 0 Å². The van der Waals surface area contributed by atoms with Crippen LogP contribution in [0, 0.1) is 17.8 Å². The van der Waals surface area contributed by atoms with Gasteiger partial charge in [0.05, 0.1) is 94.4 Å². The molecule has 2 aromatic heterocycles. The van der Waals surface area contributed by atoms with E-state index in [4.69, 9.17) is 23.7 Å². The number of nitrogens with one attached hydrogen (secondary N) is 1. The number of carbonyl (C=O) groups excluding carboxylic acids is 2. The van der Waals surface area contributed by atoms with E-state index in [2.05, 4.69) is 36.9 Å². The third-order valence-corrected chi connectivity index (χ3v) is 13.6. The van der Waals surface area contributed by atoms with Crippen molar-refractivity contribution in [3.63, 3.8) is 0 Å². The molecule has 0 spiro atoms. The van der Waals surface area contributed by atoms with Crippen molar-refractivity contribution in [2.45, 2.75) is 63.8 Å². The van der Waals surface area contributed by atoms with Gasteiger partial charge in [-0.3, -0.25) is 24.4 Å². The number of anilines is 1. The van der Waals surface area contributed by atoms with Gasteiger partial charge in [0.25, 0.3) is 0 Å². The Labute approximate surface area is 420 Å². The lowest BCUT2D eigenvalue weighted by Gasteiger charge is -2.27. The Kier molecular flexibility index (Phi) is 21.6. The van der Waals surface area contributed by atoms with Gasteiger partial charge < -0.3 is 49.2 Å². The van der Waals surface area contributed by atoms with Crippen LogP contribution in [0.25, 0.3) is 0 Å². The number of para-hydroxylation sites is 1. The summed E-state index contributed by atoms with van der Waals surface area (Å²) in [5.41, 5.74) is 4.93. The molecule has 71 heavy (non-hydrogen) atoms. The number of hydrogen-bond acceptors (Lipinski definition) is 15. The molecule has 1 aliphatic carbocycles. The summed E-state index contributed by atoms with van der Waals surface area (Å²) < 4.78 is 31.0. The molecule has 2 fully saturated rings. The Morgan fingerprint density at radius 3 is 2.07 bits per heavy atom. The van der Waals surface area contributed by atoms with E-state index in [0.717, 1.165) is 46.7 Å². The topological polar surface area (TPSA) is 206 Å².